The maximum absolute atomic E-state index is 13.6. The molecule has 0 unspecified atom stereocenters. The highest BCUT2D eigenvalue weighted by Gasteiger charge is 2.23. The van der Waals surface area contributed by atoms with Crippen molar-refractivity contribution in [1.82, 2.24) is 14.7 Å². The first-order valence-corrected chi connectivity index (χ1v) is 11.2. The van der Waals surface area contributed by atoms with Gasteiger partial charge in [-0.05, 0) is 50.3 Å². The molecule has 0 saturated heterocycles. The summed E-state index contributed by atoms with van der Waals surface area (Å²) in [5, 5.41) is 5.45. The van der Waals surface area contributed by atoms with Gasteiger partial charge in [0.25, 0.3) is 5.56 Å². The summed E-state index contributed by atoms with van der Waals surface area (Å²) >= 11 is 3.19. The van der Waals surface area contributed by atoms with Crippen molar-refractivity contribution in [2.24, 2.45) is 0 Å². The van der Waals surface area contributed by atoms with E-state index in [9.17, 15) is 4.79 Å². The van der Waals surface area contributed by atoms with E-state index in [0.717, 1.165) is 46.6 Å². The van der Waals surface area contributed by atoms with Crippen molar-refractivity contribution in [3.63, 3.8) is 0 Å². The van der Waals surface area contributed by atoms with Gasteiger partial charge < -0.3 is 4.52 Å². The molecule has 0 spiro atoms. The molecule has 0 saturated carbocycles. The van der Waals surface area contributed by atoms with Crippen molar-refractivity contribution in [3.8, 4) is 5.69 Å². The maximum atomic E-state index is 13.6. The van der Waals surface area contributed by atoms with E-state index < -0.39 is 0 Å². The minimum absolute atomic E-state index is 0.0341. The lowest BCUT2D eigenvalue weighted by molar-refractivity contribution is 0.391. The minimum atomic E-state index is 0.0341. The summed E-state index contributed by atoms with van der Waals surface area (Å²) in [6.45, 7) is 1.90. The molecule has 5 rings (SSSR count). The molecule has 142 valence electrons. The van der Waals surface area contributed by atoms with E-state index in [0.29, 0.717) is 10.9 Å². The van der Waals surface area contributed by atoms with Crippen LogP contribution in [0.1, 0.15) is 34.7 Å². The van der Waals surface area contributed by atoms with Gasteiger partial charge in [0.15, 0.2) is 5.16 Å². The van der Waals surface area contributed by atoms with Gasteiger partial charge in [0.2, 0.25) is 0 Å². The molecule has 0 aliphatic heterocycles. The minimum Gasteiger partial charge on any atom is -0.360 e. The average Bonchev–Trinajstić information content (AvgIpc) is 3.30. The molecule has 1 aliphatic rings. The zero-order valence-electron chi connectivity index (χ0n) is 15.5. The van der Waals surface area contributed by atoms with Crippen molar-refractivity contribution < 1.29 is 4.52 Å². The molecule has 1 aliphatic carbocycles. The van der Waals surface area contributed by atoms with E-state index >= 15 is 0 Å². The number of hydrogen-bond acceptors (Lipinski definition) is 6. The van der Waals surface area contributed by atoms with Crippen LogP contribution in [0.4, 0.5) is 0 Å². The first-order chi connectivity index (χ1) is 13.7. The standard InChI is InChI=1S/C21H19N3O2S2/c1-13-11-15(26-23-13)12-27-21-22-19-18(16-9-5-6-10-17(16)28-19)20(25)24(21)14-7-3-2-4-8-14/h2-4,7-8,11H,5-6,9-10,12H2,1H3. The van der Waals surface area contributed by atoms with Crippen LogP contribution in [0.15, 0.2) is 50.9 Å². The lowest BCUT2D eigenvalue weighted by Gasteiger charge is -2.13. The lowest BCUT2D eigenvalue weighted by Crippen LogP contribution is -2.22. The topological polar surface area (TPSA) is 60.9 Å². The number of rotatable bonds is 4. The summed E-state index contributed by atoms with van der Waals surface area (Å²) < 4.78 is 7.08. The quantitative estimate of drug-likeness (QED) is 0.354. The molecule has 3 aromatic heterocycles. The molecular formula is C21H19N3O2S2. The number of thiophene rings is 1. The van der Waals surface area contributed by atoms with E-state index in [2.05, 4.69) is 5.16 Å². The third-order valence-electron chi connectivity index (χ3n) is 4.99. The van der Waals surface area contributed by atoms with Gasteiger partial charge in [-0.15, -0.1) is 11.3 Å². The van der Waals surface area contributed by atoms with E-state index in [1.165, 1.54) is 28.6 Å². The average molecular weight is 410 g/mol. The summed E-state index contributed by atoms with van der Waals surface area (Å²) in [7, 11) is 0. The molecule has 3 heterocycles. The molecule has 0 atom stereocenters. The van der Waals surface area contributed by atoms with Gasteiger partial charge in [-0.1, -0.05) is 35.1 Å². The van der Waals surface area contributed by atoms with Gasteiger partial charge in [-0.2, -0.15) is 0 Å². The van der Waals surface area contributed by atoms with E-state index in [-0.39, 0.29) is 5.56 Å². The van der Waals surface area contributed by atoms with Crippen LogP contribution in [0.25, 0.3) is 15.9 Å². The zero-order valence-corrected chi connectivity index (χ0v) is 17.1. The monoisotopic (exact) mass is 409 g/mol. The fourth-order valence-electron chi connectivity index (χ4n) is 3.71. The normalized spacial score (nSPS) is 13.8. The fourth-order valence-corrected chi connectivity index (χ4v) is 5.90. The lowest BCUT2D eigenvalue weighted by atomic mass is 9.97. The van der Waals surface area contributed by atoms with Crippen LogP contribution >= 0.6 is 23.1 Å². The van der Waals surface area contributed by atoms with Crippen LogP contribution in [-0.4, -0.2) is 14.7 Å². The van der Waals surface area contributed by atoms with Crippen molar-refractivity contribution >= 4 is 33.3 Å². The highest BCUT2D eigenvalue weighted by Crippen LogP contribution is 2.35. The molecular weight excluding hydrogens is 390 g/mol. The molecule has 28 heavy (non-hydrogen) atoms. The second-order valence-electron chi connectivity index (χ2n) is 6.98. The van der Waals surface area contributed by atoms with Crippen LogP contribution in [0.2, 0.25) is 0 Å². The van der Waals surface area contributed by atoms with Crippen molar-refractivity contribution in [1.29, 1.82) is 0 Å². The second kappa shape index (κ2) is 7.22. The summed E-state index contributed by atoms with van der Waals surface area (Å²) in [5.74, 6) is 1.36. The Morgan fingerprint density at radius 1 is 1.21 bits per heavy atom. The molecule has 0 amide bonds. The van der Waals surface area contributed by atoms with Crippen molar-refractivity contribution in [3.05, 3.63) is 68.6 Å². The Hall–Kier alpha value is -2.38. The Morgan fingerprint density at radius 2 is 2.04 bits per heavy atom. The van der Waals surface area contributed by atoms with Crippen LogP contribution in [0, 0.1) is 6.92 Å². The van der Waals surface area contributed by atoms with Gasteiger partial charge in [0, 0.05) is 10.9 Å². The van der Waals surface area contributed by atoms with Gasteiger partial charge >= 0.3 is 0 Å². The first kappa shape index (κ1) is 17.7. The maximum Gasteiger partial charge on any atom is 0.267 e. The van der Waals surface area contributed by atoms with Gasteiger partial charge in [-0.25, -0.2) is 4.98 Å². The van der Waals surface area contributed by atoms with E-state index in [4.69, 9.17) is 9.51 Å². The Bertz CT molecular complexity index is 1210. The molecule has 7 heteroatoms. The first-order valence-electron chi connectivity index (χ1n) is 9.38. The van der Waals surface area contributed by atoms with Gasteiger partial charge in [-0.3, -0.25) is 9.36 Å². The number of benzene rings is 1. The summed E-state index contributed by atoms with van der Waals surface area (Å²) in [5.41, 5.74) is 2.95. The Kier molecular flexibility index (Phi) is 4.56. The van der Waals surface area contributed by atoms with Gasteiger partial charge in [0.05, 0.1) is 22.5 Å². The van der Waals surface area contributed by atoms with Crippen LogP contribution in [0.5, 0.6) is 0 Å². The van der Waals surface area contributed by atoms with Crippen molar-refractivity contribution in [2.75, 3.05) is 0 Å². The molecule has 0 fully saturated rings. The van der Waals surface area contributed by atoms with Crippen LogP contribution in [0.3, 0.4) is 0 Å². The number of hydrogen-bond donors (Lipinski definition) is 0. The summed E-state index contributed by atoms with van der Waals surface area (Å²) in [4.78, 5) is 20.7. The van der Waals surface area contributed by atoms with Crippen molar-refractivity contribution in [2.45, 2.75) is 43.5 Å². The van der Waals surface area contributed by atoms with Crippen LogP contribution < -0.4 is 5.56 Å². The molecule has 4 aromatic rings. The molecule has 0 N–H and O–H groups in total. The van der Waals surface area contributed by atoms with E-state index in [1.807, 2.05) is 43.3 Å². The predicted octanol–water partition coefficient (Wildman–Crippen LogP) is 4.91. The number of para-hydroxylation sites is 1. The Balaban J connectivity index is 1.67. The zero-order chi connectivity index (χ0) is 19.1. The number of aryl methyl sites for hydroxylation is 3. The predicted molar refractivity (Wildman–Crippen MR) is 113 cm³/mol. The number of fused-ring (bicyclic) bond motifs is 3. The Labute approximate surface area is 170 Å². The van der Waals surface area contributed by atoms with Crippen LogP contribution in [-0.2, 0) is 18.6 Å². The molecule has 5 nitrogen and oxygen atoms in total. The largest absolute Gasteiger partial charge is 0.360 e. The SMILES string of the molecule is Cc1cc(CSc2nc3sc4c(c3c(=O)n2-c2ccccc2)CCCC4)on1. The smallest absolute Gasteiger partial charge is 0.267 e. The second-order valence-corrected chi connectivity index (χ2v) is 9.01. The molecule has 1 aromatic carbocycles. The Morgan fingerprint density at radius 3 is 2.82 bits per heavy atom. The summed E-state index contributed by atoms with van der Waals surface area (Å²) in [6.07, 6.45) is 4.37. The number of nitrogens with zero attached hydrogens (tertiary/aromatic N) is 3. The molecule has 0 bridgehead atoms. The van der Waals surface area contributed by atoms with E-state index in [1.54, 1.807) is 15.9 Å². The summed E-state index contributed by atoms with van der Waals surface area (Å²) in [6, 6.07) is 11.7. The molecule has 0 radical (unpaired) electrons. The fraction of sp³-hybridized carbons (Fsp3) is 0.286. The highest BCUT2D eigenvalue weighted by molar-refractivity contribution is 7.98. The number of thioether (sulfide) groups is 1. The highest BCUT2D eigenvalue weighted by atomic mass is 32.2. The number of aromatic nitrogens is 3. The van der Waals surface area contributed by atoms with Gasteiger partial charge in [0.1, 0.15) is 10.6 Å². The third-order valence-corrected chi connectivity index (χ3v) is 7.14. The third kappa shape index (κ3) is 3.08.